The number of hydrogen-bond donors (Lipinski definition) is 2. The minimum Gasteiger partial charge on any atom is -0.461 e. The molecular formula is C24H39N6O7P. The first-order chi connectivity index (χ1) is 17.9. The fourth-order valence-corrected chi connectivity index (χ4v) is 6.01. The molecule has 0 amide bonds. The second-order valence-electron chi connectivity index (χ2n) is 10.3. The van der Waals surface area contributed by atoms with Gasteiger partial charge in [-0.3, -0.25) is 9.36 Å². The molecule has 3 N–H and O–H groups in total. The highest BCUT2D eigenvalue weighted by atomic mass is 31.2. The maximum Gasteiger partial charge on any atom is 0.332 e. The molecule has 0 aliphatic heterocycles. The normalized spacial score (nSPS) is 17.3. The van der Waals surface area contributed by atoms with Crippen LogP contribution in [0.5, 0.6) is 0 Å². The molecule has 0 aromatic carbocycles. The third kappa shape index (κ3) is 8.45. The quantitative estimate of drug-likeness (QED) is 0.274. The van der Waals surface area contributed by atoms with E-state index in [4.69, 9.17) is 24.5 Å². The molecule has 2 aromatic rings. The first kappa shape index (κ1) is 29.9. The van der Waals surface area contributed by atoms with Crippen LogP contribution in [0.2, 0.25) is 0 Å². The number of nitrogens with zero attached hydrogens (tertiary/aromatic N) is 4. The van der Waals surface area contributed by atoms with Crippen molar-refractivity contribution in [1.29, 1.82) is 0 Å². The summed E-state index contributed by atoms with van der Waals surface area (Å²) >= 11 is 0. The van der Waals surface area contributed by atoms with Crippen molar-refractivity contribution >= 4 is 36.4 Å². The summed E-state index contributed by atoms with van der Waals surface area (Å²) in [6.45, 7) is 8.03. The Bertz CT molecular complexity index is 1150. The van der Waals surface area contributed by atoms with E-state index in [1.807, 2.05) is 0 Å². The Morgan fingerprint density at radius 2 is 1.89 bits per heavy atom. The molecule has 1 saturated carbocycles. The maximum absolute atomic E-state index is 13.8. The molecule has 2 heterocycles. The smallest absolute Gasteiger partial charge is 0.332 e. The predicted molar refractivity (Wildman–Crippen MR) is 140 cm³/mol. The van der Waals surface area contributed by atoms with Gasteiger partial charge >= 0.3 is 11.9 Å². The number of carbonyl (C=O) groups is 2. The number of anilines is 1. The Hall–Kier alpha value is -2.60. The van der Waals surface area contributed by atoms with Gasteiger partial charge in [0, 0.05) is 0 Å². The molecule has 1 aliphatic rings. The lowest BCUT2D eigenvalue weighted by Gasteiger charge is -2.32. The Kier molecular flexibility index (Phi) is 10.2. The summed E-state index contributed by atoms with van der Waals surface area (Å²) in [4.78, 5) is 37.4. The molecule has 2 atom stereocenters. The van der Waals surface area contributed by atoms with Gasteiger partial charge in [0.2, 0.25) is 0 Å². The molecule has 0 unspecified atom stereocenters. The number of esters is 2. The van der Waals surface area contributed by atoms with E-state index in [0.29, 0.717) is 17.7 Å². The molecule has 0 spiro atoms. The number of hydrogen-bond acceptors (Lipinski definition) is 11. The number of nitrogen functional groups attached to an aromatic ring is 1. The zero-order chi connectivity index (χ0) is 27.9. The standard InChI is InChI=1S/C24H39N6O7P/c1-16(2)36-19(31)12-35-38(33,29-24(4,5)23(32)37-18-9-7-6-8-10-18)15-34-17(3)11-30-14-28-20-21(25)26-13-27-22(20)30/h13-14,16-18H,6-12,15H2,1-5H3,(H,29,33)(H2,25,26,27)/t17-,38-/m1/s1. The van der Waals surface area contributed by atoms with E-state index in [1.54, 1.807) is 45.5 Å². The topological polar surface area (TPSA) is 170 Å². The van der Waals surface area contributed by atoms with Crippen molar-refractivity contribution in [3.63, 3.8) is 0 Å². The maximum atomic E-state index is 13.8. The number of ether oxygens (including phenoxy) is 3. The lowest BCUT2D eigenvalue weighted by molar-refractivity contribution is -0.156. The van der Waals surface area contributed by atoms with Crippen LogP contribution in [0.3, 0.4) is 0 Å². The summed E-state index contributed by atoms with van der Waals surface area (Å²) in [5.41, 5.74) is 5.49. The second-order valence-corrected chi connectivity index (χ2v) is 12.4. The summed E-state index contributed by atoms with van der Waals surface area (Å²) in [7, 11) is -3.89. The summed E-state index contributed by atoms with van der Waals surface area (Å²) in [6, 6.07) is 0. The predicted octanol–water partition coefficient (Wildman–Crippen LogP) is 3.18. The monoisotopic (exact) mass is 554 g/mol. The summed E-state index contributed by atoms with van der Waals surface area (Å²) in [5, 5.41) is 2.79. The van der Waals surface area contributed by atoms with Crippen molar-refractivity contribution in [2.24, 2.45) is 0 Å². The molecule has 1 aliphatic carbocycles. The molecule has 212 valence electrons. The number of carbonyl (C=O) groups excluding carboxylic acids is 2. The average Bonchev–Trinajstić information content (AvgIpc) is 3.25. The van der Waals surface area contributed by atoms with E-state index in [9.17, 15) is 14.2 Å². The van der Waals surface area contributed by atoms with Gasteiger partial charge < -0.3 is 29.0 Å². The van der Waals surface area contributed by atoms with Gasteiger partial charge in [-0.2, -0.15) is 0 Å². The van der Waals surface area contributed by atoms with Gasteiger partial charge in [-0.05, 0) is 60.3 Å². The van der Waals surface area contributed by atoms with Gasteiger partial charge in [0.25, 0.3) is 7.52 Å². The lowest BCUT2D eigenvalue weighted by Crippen LogP contribution is -2.48. The first-order valence-electron chi connectivity index (χ1n) is 12.8. The van der Waals surface area contributed by atoms with Crippen LogP contribution in [-0.4, -0.2) is 68.3 Å². The highest BCUT2D eigenvalue weighted by molar-refractivity contribution is 7.56. The molecule has 3 rings (SSSR count). The van der Waals surface area contributed by atoms with Crippen LogP contribution in [0.1, 0.15) is 66.7 Å². The zero-order valence-corrected chi connectivity index (χ0v) is 23.6. The van der Waals surface area contributed by atoms with Crippen molar-refractivity contribution in [2.45, 2.75) is 97.1 Å². The van der Waals surface area contributed by atoms with E-state index >= 15 is 0 Å². The van der Waals surface area contributed by atoms with Gasteiger partial charge in [-0.15, -0.1) is 0 Å². The molecular weight excluding hydrogens is 515 g/mol. The molecule has 1 fully saturated rings. The highest BCUT2D eigenvalue weighted by Crippen LogP contribution is 2.45. The average molecular weight is 555 g/mol. The summed E-state index contributed by atoms with van der Waals surface area (Å²) in [6.07, 6.45) is 6.23. The van der Waals surface area contributed by atoms with Crippen LogP contribution in [-0.2, 0) is 39.4 Å². The van der Waals surface area contributed by atoms with E-state index in [2.05, 4.69) is 20.0 Å². The Balaban J connectivity index is 1.67. The zero-order valence-electron chi connectivity index (χ0n) is 22.7. The SMILES string of the molecule is CC(C)OC(=O)CO[P@](=O)(CO[C@H](C)Cn1cnc2c(N)ncnc21)NC(C)(C)C(=O)OC1CCCCC1. The lowest BCUT2D eigenvalue weighted by atomic mass is 9.97. The van der Waals surface area contributed by atoms with Gasteiger partial charge in [0.15, 0.2) is 18.1 Å². The molecule has 38 heavy (non-hydrogen) atoms. The van der Waals surface area contributed by atoms with Gasteiger partial charge in [-0.1, -0.05) is 6.42 Å². The van der Waals surface area contributed by atoms with Crippen LogP contribution in [0.15, 0.2) is 12.7 Å². The third-order valence-electron chi connectivity index (χ3n) is 5.96. The number of imidazole rings is 1. The third-order valence-corrected chi connectivity index (χ3v) is 7.89. The van der Waals surface area contributed by atoms with Crippen molar-refractivity contribution in [1.82, 2.24) is 24.6 Å². The van der Waals surface area contributed by atoms with E-state index < -0.39 is 44.1 Å². The second kappa shape index (κ2) is 13.0. The fourth-order valence-electron chi connectivity index (χ4n) is 4.10. The van der Waals surface area contributed by atoms with Gasteiger partial charge in [0.1, 0.15) is 29.8 Å². The van der Waals surface area contributed by atoms with Crippen LogP contribution in [0, 0.1) is 0 Å². The van der Waals surface area contributed by atoms with Crippen LogP contribution in [0.25, 0.3) is 11.2 Å². The number of nitrogens with one attached hydrogen (secondary N) is 1. The largest absolute Gasteiger partial charge is 0.461 e. The molecule has 0 saturated heterocycles. The minimum absolute atomic E-state index is 0.169. The number of aromatic nitrogens is 4. The molecule has 0 radical (unpaired) electrons. The number of rotatable bonds is 13. The summed E-state index contributed by atoms with van der Waals surface area (Å²) < 4.78 is 37.8. The van der Waals surface area contributed by atoms with Crippen molar-refractivity contribution < 1.29 is 32.9 Å². The van der Waals surface area contributed by atoms with Crippen LogP contribution >= 0.6 is 7.52 Å². The first-order valence-corrected chi connectivity index (χ1v) is 14.7. The van der Waals surface area contributed by atoms with Gasteiger partial charge in [0.05, 0.1) is 25.1 Å². The summed E-state index contributed by atoms with van der Waals surface area (Å²) in [5.74, 6) is -0.965. The van der Waals surface area contributed by atoms with E-state index in [-0.39, 0.29) is 18.0 Å². The molecule has 14 heteroatoms. The fraction of sp³-hybridized carbons (Fsp3) is 0.708. The van der Waals surface area contributed by atoms with Crippen LogP contribution < -0.4 is 10.8 Å². The van der Waals surface area contributed by atoms with Gasteiger partial charge in [-0.25, -0.2) is 24.8 Å². The van der Waals surface area contributed by atoms with Crippen molar-refractivity contribution in [3.05, 3.63) is 12.7 Å². The molecule has 2 aromatic heterocycles. The van der Waals surface area contributed by atoms with Crippen molar-refractivity contribution in [3.8, 4) is 0 Å². The Morgan fingerprint density at radius 1 is 1.18 bits per heavy atom. The highest BCUT2D eigenvalue weighted by Gasteiger charge is 2.40. The van der Waals surface area contributed by atoms with E-state index in [0.717, 1.165) is 32.1 Å². The molecule has 13 nitrogen and oxygen atoms in total. The van der Waals surface area contributed by atoms with E-state index in [1.165, 1.54) is 6.33 Å². The Morgan fingerprint density at radius 3 is 2.58 bits per heavy atom. The number of fused-ring (bicyclic) bond motifs is 1. The molecule has 0 bridgehead atoms. The number of nitrogens with two attached hydrogens (primary N) is 1. The van der Waals surface area contributed by atoms with Crippen LogP contribution in [0.4, 0.5) is 5.82 Å². The van der Waals surface area contributed by atoms with Crippen molar-refractivity contribution in [2.75, 3.05) is 18.7 Å². The Labute approximate surface area is 222 Å². The minimum atomic E-state index is -3.89.